The maximum Gasteiger partial charge on any atom is 0.138 e. The third-order valence-corrected chi connectivity index (χ3v) is 3.27. The van der Waals surface area contributed by atoms with Gasteiger partial charge in [0.05, 0.1) is 10.3 Å². The molecular formula is C13H9BrN2O. The van der Waals surface area contributed by atoms with Crippen LogP contribution < -0.4 is 0 Å². The van der Waals surface area contributed by atoms with Crippen LogP contribution in [0.3, 0.4) is 0 Å². The quantitative estimate of drug-likeness (QED) is 0.696. The smallest absolute Gasteiger partial charge is 0.138 e. The first kappa shape index (κ1) is 10.4. The molecule has 2 aromatic heterocycles. The number of aromatic hydroxyl groups is 1. The van der Waals surface area contributed by atoms with Gasteiger partial charge < -0.3 is 5.11 Å². The topological polar surface area (TPSA) is 37.5 Å². The summed E-state index contributed by atoms with van der Waals surface area (Å²) in [6.45, 7) is 0. The van der Waals surface area contributed by atoms with E-state index in [2.05, 4.69) is 20.9 Å². The van der Waals surface area contributed by atoms with Crippen molar-refractivity contribution in [3.63, 3.8) is 0 Å². The van der Waals surface area contributed by atoms with Gasteiger partial charge in [0.15, 0.2) is 0 Å². The van der Waals surface area contributed by atoms with E-state index in [1.165, 1.54) is 0 Å². The summed E-state index contributed by atoms with van der Waals surface area (Å²) >= 11 is 3.46. The molecule has 0 saturated heterocycles. The average Bonchev–Trinajstić information content (AvgIpc) is 2.75. The highest BCUT2D eigenvalue weighted by molar-refractivity contribution is 9.10. The molecule has 2 heterocycles. The van der Waals surface area contributed by atoms with Gasteiger partial charge in [-0.1, -0.05) is 18.2 Å². The fraction of sp³-hybridized carbons (Fsp3) is 0. The minimum atomic E-state index is 0.243. The molecule has 1 aromatic carbocycles. The highest BCUT2D eigenvalue weighted by Gasteiger charge is 2.08. The van der Waals surface area contributed by atoms with Crippen LogP contribution in [0.15, 0.2) is 53.3 Å². The molecule has 3 rings (SSSR count). The Morgan fingerprint density at radius 1 is 1.06 bits per heavy atom. The van der Waals surface area contributed by atoms with Gasteiger partial charge >= 0.3 is 0 Å². The van der Waals surface area contributed by atoms with Crippen molar-refractivity contribution in [2.45, 2.75) is 0 Å². The lowest BCUT2D eigenvalue weighted by atomic mass is 10.1. The van der Waals surface area contributed by atoms with E-state index in [1.807, 2.05) is 40.9 Å². The molecule has 3 aromatic rings. The third kappa shape index (κ3) is 1.70. The lowest BCUT2D eigenvalue weighted by Crippen LogP contribution is -1.82. The lowest BCUT2D eigenvalue weighted by Gasteiger charge is -1.98. The van der Waals surface area contributed by atoms with Crippen molar-refractivity contribution in [2.75, 3.05) is 0 Å². The van der Waals surface area contributed by atoms with E-state index in [4.69, 9.17) is 0 Å². The molecule has 1 N–H and O–H groups in total. The Labute approximate surface area is 106 Å². The van der Waals surface area contributed by atoms with Gasteiger partial charge in [-0.3, -0.25) is 4.40 Å². The molecule has 0 aliphatic rings. The van der Waals surface area contributed by atoms with E-state index in [1.54, 1.807) is 12.1 Å². The molecule has 4 heteroatoms. The van der Waals surface area contributed by atoms with Crippen LogP contribution in [0, 0.1) is 0 Å². The van der Waals surface area contributed by atoms with Crippen molar-refractivity contribution in [1.29, 1.82) is 0 Å². The minimum Gasteiger partial charge on any atom is -0.507 e. The van der Waals surface area contributed by atoms with Crippen LogP contribution in [0.1, 0.15) is 0 Å². The van der Waals surface area contributed by atoms with E-state index >= 15 is 0 Å². The van der Waals surface area contributed by atoms with Crippen molar-refractivity contribution in [3.8, 4) is 17.0 Å². The number of nitrogens with zero attached hydrogens (tertiary/aromatic N) is 2. The number of fused-ring (bicyclic) bond motifs is 1. The molecule has 0 saturated carbocycles. The van der Waals surface area contributed by atoms with Gasteiger partial charge in [-0.25, -0.2) is 4.98 Å². The molecule has 0 aliphatic carbocycles. The van der Waals surface area contributed by atoms with Crippen LogP contribution in [-0.2, 0) is 0 Å². The number of benzene rings is 1. The first-order chi connectivity index (χ1) is 8.25. The highest BCUT2D eigenvalue weighted by Crippen LogP contribution is 2.28. The Kier molecular flexibility index (Phi) is 2.37. The van der Waals surface area contributed by atoms with Gasteiger partial charge in [0.1, 0.15) is 11.4 Å². The van der Waals surface area contributed by atoms with E-state index in [-0.39, 0.29) is 5.75 Å². The fourth-order valence-electron chi connectivity index (χ4n) is 1.80. The number of aromatic nitrogens is 2. The molecule has 17 heavy (non-hydrogen) atoms. The molecule has 0 spiro atoms. The lowest BCUT2D eigenvalue weighted by molar-refractivity contribution is 0.477. The van der Waals surface area contributed by atoms with Crippen LogP contribution in [0.2, 0.25) is 0 Å². The zero-order valence-electron chi connectivity index (χ0n) is 8.84. The number of phenolic OH excluding ortho intramolecular Hbond substituents is 1. The summed E-state index contributed by atoms with van der Waals surface area (Å²) in [5.41, 5.74) is 2.34. The predicted octanol–water partition coefficient (Wildman–Crippen LogP) is 3.47. The Morgan fingerprint density at radius 2 is 1.88 bits per heavy atom. The number of pyridine rings is 1. The average molecular weight is 289 g/mol. The fourth-order valence-corrected chi connectivity index (χ4v) is 2.23. The zero-order valence-corrected chi connectivity index (χ0v) is 10.4. The molecule has 0 unspecified atom stereocenters. The van der Waals surface area contributed by atoms with Crippen LogP contribution >= 0.6 is 15.9 Å². The van der Waals surface area contributed by atoms with E-state index in [9.17, 15) is 5.11 Å². The summed E-state index contributed by atoms with van der Waals surface area (Å²) in [6, 6.07) is 13.0. The monoisotopic (exact) mass is 288 g/mol. The molecule has 0 radical (unpaired) electrons. The van der Waals surface area contributed by atoms with Gasteiger partial charge in [-0.2, -0.15) is 0 Å². The second-order valence-corrected chi connectivity index (χ2v) is 4.53. The van der Waals surface area contributed by atoms with Crippen molar-refractivity contribution in [1.82, 2.24) is 9.38 Å². The number of hydrogen-bond donors (Lipinski definition) is 1. The largest absolute Gasteiger partial charge is 0.507 e. The van der Waals surface area contributed by atoms with Crippen molar-refractivity contribution in [3.05, 3.63) is 53.3 Å². The summed E-state index contributed by atoms with van der Waals surface area (Å²) in [6.07, 6.45) is 1.90. The summed E-state index contributed by atoms with van der Waals surface area (Å²) in [5, 5.41) is 9.80. The zero-order chi connectivity index (χ0) is 11.8. The van der Waals surface area contributed by atoms with E-state index in [0.717, 1.165) is 21.5 Å². The van der Waals surface area contributed by atoms with E-state index < -0.39 is 0 Å². The molecule has 0 bridgehead atoms. The normalized spacial score (nSPS) is 10.9. The Morgan fingerprint density at radius 3 is 2.65 bits per heavy atom. The Hall–Kier alpha value is -1.81. The van der Waals surface area contributed by atoms with Crippen LogP contribution in [-0.4, -0.2) is 14.5 Å². The molecule has 0 fully saturated rings. The van der Waals surface area contributed by atoms with Crippen molar-refractivity contribution < 1.29 is 5.11 Å². The molecule has 0 amide bonds. The van der Waals surface area contributed by atoms with Crippen molar-refractivity contribution in [2.24, 2.45) is 0 Å². The predicted molar refractivity (Wildman–Crippen MR) is 70.0 cm³/mol. The Balaban J connectivity index is 2.26. The third-order valence-electron chi connectivity index (χ3n) is 2.62. The summed E-state index contributed by atoms with van der Waals surface area (Å²) in [4.78, 5) is 4.48. The summed E-state index contributed by atoms with van der Waals surface area (Å²) < 4.78 is 2.87. The number of imidazole rings is 1. The molecule has 0 atom stereocenters. The van der Waals surface area contributed by atoms with Crippen LogP contribution in [0.4, 0.5) is 0 Å². The van der Waals surface area contributed by atoms with Gasteiger partial charge in [0.2, 0.25) is 0 Å². The second kappa shape index (κ2) is 3.89. The van der Waals surface area contributed by atoms with Crippen LogP contribution in [0.5, 0.6) is 5.75 Å². The summed E-state index contributed by atoms with van der Waals surface area (Å²) in [7, 11) is 0. The highest BCUT2D eigenvalue weighted by atomic mass is 79.9. The maximum atomic E-state index is 9.80. The first-order valence-corrected chi connectivity index (χ1v) is 5.97. The van der Waals surface area contributed by atoms with Gasteiger partial charge in [0, 0.05) is 11.8 Å². The molecule has 0 aliphatic heterocycles. The standard InChI is InChI=1S/C13H9BrN2O/c14-12-6-3-7-13-15-10(8-16(12)13)9-4-1-2-5-11(9)17/h1-8,17H. The maximum absolute atomic E-state index is 9.80. The number of rotatable bonds is 1. The van der Waals surface area contributed by atoms with Gasteiger partial charge in [0.25, 0.3) is 0 Å². The minimum absolute atomic E-state index is 0.243. The number of phenols is 1. The number of para-hydroxylation sites is 1. The Bertz CT molecular complexity index is 691. The molecule has 3 nitrogen and oxygen atoms in total. The second-order valence-electron chi connectivity index (χ2n) is 3.72. The number of halogens is 1. The van der Waals surface area contributed by atoms with Gasteiger partial charge in [-0.15, -0.1) is 0 Å². The summed E-state index contributed by atoms with van der Waals surface area (Å²) in [5.74, 6) is 0.243. The molecular weight excluding hydrogens is 280 g/mol. The van der Waals surface area contributed by atoms with Gasteiger partial charge in [-0.05, 0) is 40.2 Å². The van der Waals surface area contributed by atoms with Crippen molar-refractivity contribution >= 4 is 21.6 Å². The van der Waals surface area contributed by atoms with Crippen LogP contribution in [0.25, 0.3) is 16.9 Å². The molecule has 84 valence electrons. The first-order valence-electron chi connectivity index (χ1n) is 5.18. The number of hydrogen-bond acceptors (Lipinski definition) is 2. The van der Waals surface area contributed by atoms with E-state index in [0.29, 0.717) is 0 Å². The SMILES string of the molecule is Oc1ccccc1-c1cn2c(Br)cccc2n1.